The van der Waals surface area contributed by atoms with Gasteiger partial charge in [-0.15, -0.1) is 12.4 Å². The molecule has 2 aliphatic heterocycles. The maximum atomic E-state index is 12.4. The van der Waals surface area contributed by atoms with E-state index in [9.17, 15) is 4.79 Å². The standard InChI is InChI=1S/C14H17NO3.ClH/c16-14-11(9-15-5-7-17-8-6-15)10-18-13-4-2-1-3-12(13)14;/h1-4,11H,5-10H2;1H. The number of morpholine rings is 1. The van der Waals surface area contributed by atoms with Crippen molar-refractivity contribution in [1.29, 1.82) is 0 Å². The smallest absolute Gasteiger partial charge is 0.174 e. The number of benzene rings is 1. The molecule has 0 bridgehead atoms. The Morgan fingerprint density at radius 2 is 1.95 bits per heavy atom. The molecular formula is C14H18ClNO3. The molecule has 0 N–H and O–H groups in total. The average Bonchev–Trinajstić information content (AvgIpc) is 2.43. The van der Waals surface area contributed by atoms with Crippen molar-refractivity contribution in [3.63, 3.8) is 0 Å². The van der Waals surface area contributed by atoms with Gasteiger partial charge < -0.3 is 9.47 Å². The van der Waals surface area contributed by atoms with E-state index in [2.05, 4.69) is 4.90 Å². The van der Waals surface area contributed by atoms with Crippen molar-refractivity contribution < 1.29 is 14.3 Å². The van der Waals surface area contributed by atoms with Crippen molar-refractivity contribution in [3.8, 4) is 5.75 Å². The van der Waals surface area contributed by atoms with Crippen LogP contribution in [-0.2, 0) is 4.74 Å². The molecule has 0 radical (unpaired) electrons. The first-order valence-electron chi connectivity index (χ1n) is 6.41. The summed E-state index contributed by atoms with van der Waals surface area (Å²) in [4.78, 5) is 14.6. The van der Waals surface area contributed by atoms with Crippen LogP contribution in [0, 0.1) is 5.92 Å². The van der Waals surface area contributed by atoms with Crippen LogP contribution in [0.2, 0.25) is 0 Å². The van der Waals surface area contributed by atoms with E-state index >= 15 is 0 Å². The van der Waals surface area contributed by atoms with Crippen LogP contribution in [0.5, 0.6) is 5.75 Å². The number of rotatable bonds is 2. The molecule has 19 heavy (non-hydrogen) atoms. The van der Waals surface area contributed by atoms with Crippen LogP contribution in [0.1, 0.15) is 10.4 Å². The number of carbonyl (C=O) groups excluding carboxylic acids is 1. The number of nitrogens with zero attached hydrogens (tertiary/aromatic N) is 1. The van der Waals surface area contributed by atoms with E-state index in [0.29, 0.717) is 6.61 Å². The SMILES string of the molecule is Cl.O=C1c2ccccc2OCC1CN1CCOCC1. The highest BCUT2D eigenvalue weighted by Crippen LogP contribution is 2.27. The Morgan fingerprint density at radius 3 is 2.74 bits per heavy atom. The topological polar surface area (TPSA) is 38.8 Å². The molecule has 4 nitrogen and oxygen atoms in total. The molecule has 3 rings (SSSR count). The quantitative estimate of drug-likeness (QED) is 0.827. The zero-order valence-electron chi connectivity index (χ0n) is 10.7. The molecule has 2 aliphatic rings. The maximum absolute atomic E-state index is 12.4. The lowest BCUT2D eigenvalue weighted by molar-refractivity contribution is 0.0250. The Hall–Kier alpha value is -1.10. The van der Waals surface area contributed by atoms with Crippen LogP contribution in [0.25, 0.3) is 0 Å². The van der Waals surface area contributed by atoms with Crippen LogP contribution in [0.4, 0.5) is 0 Å². The van der Waals surface area contributed by atoms with Crippen LogP contribution >= 0.6 is 12.4 Å². The number of hydrogen-bond acceptors (Lipinski definition) is 4. The number of carbonyl (C=O) groups is 1. The number of ether oxygens (including phenoxy) is 2. The van der Waals surface area contributed by atoms with Gasteiger partial charge in [0.2, 0.25) is 0 Å². The third kappa shape index (κ3) is 3.08. The highest BCUT2D eigenvalue weighted by atomic mass is 35.5. The molecule has 0 aromatic heterocycles. The Kier molecular flexibility index (Phi) is 4.80. The zero-order chi connectivity index (χ0) is 12.4. The number of hydrogen-bond donors (Lipinski definition) is 0. The number of ketones is 1. The highest BCUT2D eigenvalue weighted by molar-refractivity contribution is 6.01. The molecule has 1 unspecified atom stereocenters. The fourth-order valence-corrected chi connectivity index (χ4v) is 2.51. The van der Waals surface area contributed by atoms with Gasteiger partial charge in [-0.1, -0.05) is 12.1 Å². The van der Waals surface area contributed by atoms with Gasteiger partial charge in [-0.3, -0.25) is 9.69 Å². The predicted octanol–water partition coefficient (Wildman–Crippen LogP) is 1.63. The van der Waals surface area contributed by atoms with Crippen LogP contribution < -0.4 is 4.74 Å². The van der Waals surface area contributed by atoms with Gasteiger partial charge in [-0.05, 0) is 12.1 Å². The highest BCUT2D eigenvalue weighted by Gasteiger charge is 2.30. The predicted molar refractivity (Wildman–Crippen MR) is 74.3 cm³/mol. The molecule has 5 heteroatoms. The Balaban J connectivity index is 0.00000133. The van der Waals surface area contributed by atoms with Crippen LogP contribution in [0.3, 0.4) is 0 Å². The second-order valence-electron chi connectivity index (χ2n) is 4.78. The van der Waals surface area contributed by atoms with Gasteiger partial charge in [-0.25, -0.2) is 0 Å². The molecule has 0 amide bonds. The Bertz CT molecular complexity index is 446. The largest absolute Gasteiger partial charge is 0.492 e. The lowest BCUT2D eigenvalue weighted by atomic mass is 9.94. The summed E-state index contributed by atoms with van der Waals surface area (Å²) in [5.74, 6) is 0.891. The average molecular weight is 284 g/mol. The maximum Gasteiger partial charge on any atom is 0.174 e. The van der Waals surface area contributed by atoms with Crippen LogP contribution in [0.15, 0.2) is 24.3 Å². The molecule has 0 aliphatic carbocycles. The van der Waals surface area contributed by atoms with E-state index in [1.165, 1.54) is 0 Å². The number of para-hydroxylation sites is 1. The summed E-state index contributed by atoms with van der Waals surface area (Å²) in [5.41, 5.74) is 0.724. The molecular weight excluding hydrogens is 266 g/mol. The van der Waals surface area contributed by atoms with E-state index in [1.54, 1.807) is 0 Å². The molecule has 104 valence electrons. The van der Waals surface area contributed by atoms with Gasteiger partial charge >= 0.3 is 0 Å². The van der Waals surface area contributed by atoms with E-state index in [4.69, 9.17) is 9.47 Å². The molecule has 1 aromatic carbocycles. The van der Waals surface area contributed by atoms with Gasteiger partial charge in [0, 0.05) is 19.6 Å². The minimum absolute atomic E-state index is 0. The summed E-state index contributed by atoms with van der Waals surface area (Å²) in [6.45, 7) is 4.61. The molecule has 0 saturated carbocycles. The number of Topliss-reactive ketones (excluding diaryl/α,β-unsaturated/α-hetero) is 1. The van der Waals surface area contributed by atoms with Crippen molar-refractivity contribution in [2.24, 2.45) is 5.92 Å². The first-order chi connectivity index (χ1) is 8.84. The lowest BCUT2D eigenvalue weighted by Gasteiger charge is -2.31. The fourth-order valence-electron chi connectivity index (χ4n) is 2.51. The normalized spacial score (nSPS) is 23.2. The zero-order valence-corrected chi connectivity index (χ0v) is 11.5. The summed E-state index contributed by atoms with van der Waals surface area (Å²) < 4.78 is 11.0. The summed E-state index contributed by atoms with van der Waals surface area (Å²) in [6.07, 6.45) is 0. The molecule has 1 fully saturated rings. The summed E-state index contributed by atoms with van der Waals surface area (Å²) in [7, 11) is 0. The van der Waals surface area contributed by atoms with E-state index in [-0.39, 0.29) is 24.1 Å². The summed E-state index contributed by atoms with van der Waals surface area (Å²) in [5, 5.41) is 0. The minimum atomic E-state index is -0.0435. The fraction of sp³-hybridized carbons (Fsp3) is 0.500. The van der Waals surface area contributed by atoms with Crippen molar-refractivity contribution in [2.45, 2.75) is 0 Å². The third-order valence-electron chi connectivity index (χ3n) is 3.55. The summed E-state index contributed by atoms with van der Waals surface area (Å²) >= 11 is 0. The monoisotopic (exact) mass is 283 g/mol. The Morgan fingerprint density at radius 1 is 1.21 bits per heavy atom. The van der Waals surface area contributed by atoms with E-state index in [0.717, 1.165) is 44.2 Å². The molecule has 0 spiro atoms. The third-order valence-corrected chi connectivity index (χ3v) is 3.55. The second-order valence-corrected chi connectivity index (χ2v) is 4.78. The molecule has 2 heterocycles. The van der Waals surface area contributed by atoms with Crippen molar-refractivity contribution in [3.05, 3.63) is 29.8 Å². The van der Waals surface area contributed by atoms with Gasteiger partial charge in [0.1, 0.15) is 5.75 Å². The van der Waals surface area contributed by atoms with Crippen molar-refractivity contribution in [2.75, 3.05) is 39.5 Å². The van der Waals surface area contributed by atoms with Crippen molar-refractivity contribution in [1.82, 2.24) is 4.90 Å². The Labute approximate surface area is 119 Å². The molecule has 1 aromatic rings. The van der Waals surface area contributed by atoms with Crippen molar-refractivity contribution >= 4 is 18.2 Å². The molecule has 1 atom stereocenters. The first-order valence-corrected chi connectivity index (χ1v) is 6.41. The van der Waals surface area contributed by atoms with Crippen LogP contribution in [-0.4, -0.2) is 50.1 Å². The number of halogens is 1. The van der Waals surface area contributed by atoms with Gasteiger partial charge in [0.15, 0.2) is 5.78 Å². The van der Waals surface area contributed by atoms with Gasteiger partial charge in [-0.2, -0.15) is 0 Å². The minimum Gasteiger partial charge on any atom is -0.492 e. The number of fused-ring (bicyclic) bond motifs is 1. The van der Waals surface area contributed by atoms with E-state index in [1.807, 2.05) is 24.3 Å². The van der Waals surface area contributed by atoms with Gasteiger partial charge in [0.05, 0.1) is 31.3 Å². The van der Waals surface area contributed by atoms with Gasteiger partial charge in [0.25, 0.3) is 0 Å². The second kappa shape index (κ2) is 6.37. The first kappa shape index (κ1) is 14.3. The molecule has 1 saturated heterocycles. The van der Waals surface area contributed by atoms with E-state index < -0.39 is 0 Å². The lowest BCUT2D eigenvalue weighted by Crippen LogP contribution is -2.43. The summed E-state index contributed by atoms with van der Waals surface area (Å²) in [6, 6.07) is 7.49.